The van der Waals surface area contributed by atoms with Gasteiger partial charge in [-0.3, -0.25) is 4.72 Å². The molecule has 0 atom stereocenters. The number of alkyl halides is 3. The van der Waals surface area contributed by atoms with Crippen LogP contribution in [0.1, 0.15) is 23.6 Å². The van der Waals surface area contributed by atoms with E-state index in [1.807, 2.05) is 6.92 Å². The lowest BCUT2D eigenvalue weighted by atomic mass is 10.1. The van der Waals surface area contributed by atoms with E-state index in [0.29, 0.717) is 35.9 Å². The predicted molar refractivity (Wildman–Crippen MR) is 128 cm³/mol. The Hall–Kier alpha value is -2.02. The van der Waals surface area contributed by atoms with Crippen molar-refractivity contribution in [1.82, 2.24) is 10.2 Å². The quantitative estimate of drug-likeness (QED) is 0.296. The summed E-state index contributed by atoms with van der Waals surface area (Å²) in [4.78, 5) is 6.33. The summed E-state index contributed by atoms with van der Waals surface area (Å²) in [7, 11) is -1.65. The van der Waals surface area contributed by atoms with Gasteiger partial charge < -0.3 is 10.2 Å². The van der Waals surface area contributed by atoms with E-state index in [0.717, 1.165) is 18.4 Å². The molecule has 0 saturated carbocycles. The lowest BCUT2D eigenvalue weighted by molar-refractivity contribution is -0.137. The molecule has 0 radical (unpaired) electrons. The van der Waals surface area contributed by atoms with Crippen LogP contribution in [0.25, 0.3) is 0 Å². The minimum atomic E-state index is -4.37. The van der Waals surface area contributed by atoms with Crippen LogP contribution in [0.3, 0.4) is 0 Å². The van der Waals surface area contributed by atoms with Crippen LogP contribution in [0.5, 0.6) is 0 Å². The summed E-state index contributed by atoms with van der Waals surface area (Å²) in [6.07, 6.45) is -3.29. The van der Waals surface area contributed by atoms with Crippen molar-refractivity contribution in [3.8, 4) is 0 Å². The summed E-state index contributed by atoms with van der Waals surface area (Å²) in [5.74, 6) is 0.548. The molecule has 6 nitrogen and oxygen atoms in total. The van der Waals surface area contributed by atoms with Crippen LogP contribution in [0, 0.1) is 0 Å². The van der Waals surface area contributed by atoms with E-state index in [2.05, 4.69) is 15.0 Å². The monoisotopic (exact) mass is 570 g/mol. The highest BCUT2D eigenvalue weighted by Crippen LogP contribution is 2.29. The van der Waals surface area contributed by atoms with Crippen molar-refractivity contribution in [2.45, 2.75) is 26.2 Å². The zero-order valence-corrected chi connectivity index (χ0v) is 20.5. The molecule has 0 aliphatic rings. The topological polar surface area (TPSA) is 73.8 Å². The summed E-state index contributed by atoms with van der Waals surface area (Å²) in [6.45, 7) is 3.08. The first-order valence-corrected chi connectivity index (χ1v) is 11.1. The maximum absolute atomic E-state index is 12.7. The molecule has 2 rings (SSSR count). The molecule has 0 spiro atoms. The maximum atomic E-state index is 12.7. The molecular formula is C20H26F3IN4O2S. The highest BCUT2D eigenvalue weighted by molar-refractivity contribution is 14.0. The van der Waals surface area contributed by atoms with Gasteiger partial charge in [0, 0.05) is 20.1 Å². The molecule has 172 valence electrons. The minimum Gasteiger partial charge on any atom is -0.357 e. The Morgan fingerprint density at radius 1 is 1.10 bits per heavy atom. The van der Waals surface area contributed by atoms with E-state index in [9.17, 15) is 21.6 Å². The largest absolute Gasteiger partial charge is 0.416 e. The van der Waals surface area contributed by atoms with Crippen LogP contribution >= 0.6 is 24.0 Å². The van der Waals surface area contributed by atoms with Gasteiger partial charge in [0.15, 0.2) is 5.96 Å². The zero-order valence-electron chi connectivity index (χ0n) is 17.4. The van der Waals surface area contributed by atoms with Crippen LogP contribution in [0.2, 0.25) is 0 Å². The number of hydrogen-bond donors (Lipinski definition) is 2. The Labute approximate surface area is 198 Å². The molecule has 11 heteroatoms. The van der Waals surface area contributed by atoms with Gasteiger partial charge in [0.2, 0.25) is 10.0 Å². The first-order chi connectivity index (χ1) is 14.0. The molecule has 2 N–H and O–H groups in total. The molecule has 31 heavy (non-hydrogen) atoms. The number of nitrogens with zero attached hydrogens (tertiary/aromatic N) is 2. The highest BCUT2D eigenvalue weighted by atomic mass is 127. The Morgan fingerprint density at radius 2 is 1.71 bits per heavy atom. The fourth-order valence-corrected chi connectivity index (χ4v) is 3.33. The normalized spacial score (nSPS) is 12.1. The maximum Gasteiger partial charge on any atom is 0.416 e. The predicted octanol–water partition coefficient (Wildman–Crippen LogP) is 4.29. The third-order valence-corrected chi connectivity index (χ3v) is 4.70. The number of nitrogens with one attached hydrogen (secondary N) is 2. The van der Waals surface area contributed by atoms with Crippen LogP contribution < -0.4 is 10.0 Å². The van der Waals surface area contributed by atoms with Gasteiger partial charge in [0.05, 0.1) is 24.1 Å². The van der Waals surface area contributed by atoms with E-state index in [1.165, 1.54) is 12.1 Å². The van der Waals surface area contributed by atoms with Gasteiger partial charge in [-0.1, -0.05) is 30.3 Å². The lowest BCUT2D eigenvalue weighted by Crippen LogP contribution is -2.38. The van der Waals surface area contributed by atoms with Gasteiger partial charge in [-0.05, 0) is 36.2 Å². The van der Waals surface area contributed by atoms with Crippen LogP contribution in [-0.4, -0.2) is 39.1 Å². The summed E-state index contributed by atoms with van der Waals surface area (Å²) in [5.41, 5.74) is 1.16. The number of para-hydroxylation sites is 1. The van der Waals surface area contributed by atoms with Crippen molar-refractivity contribution in [3.05, 3.63) is 65.2 Å². The minimum absolute atomic E-state index is 0. The van der Waals surface area contributed by atoms with Crippen LogP contribution in [0.4, 0.5) is 18.9 Å². The molecule has 2 aromatic rings. The molecule has 0 aliphatic heterocycles. The number of guanidine groups is 1. The van der Waals surface area contributed by atoms with Gasteiger partial charge >= 0.3 is 6.18 Å². The van der Waals surface area contributed by atoms with Gasteiger partial charge in [-0.15, -0.1) is 24.0 Å². The molecule has 0 aliphatic carbocycles. The molecule has 0 fully saturated rings. The summed E-state index contributed by atoms with van der Waals surface area (Å²) < 4.78 is 63.8. The van der Waals surface area contributed by atoms with E-state index < -0.39 is 21.8 Å². The van der Waals surface area contributed by atoms with Crippen molar-refractivity contribution < 1.29 is 21.6 Å². The van der Waals surface area contributed by atoms with E-state index in [1.54, 1.807) is 36.2 Å². The molecule has 0 unspecified atom stereocenters. The summed E-state index contributed by atoms with van der Waals surface area (Å²) in [5, 5.41) is 3.13. The van der Waals surface area contributed by atoms with Gasteiger partial charge in [-0.2, -0.15) is 13.2 Å². The van der Waals surface area contributed by atoms with Crippen molar-refractivity contribution >= 4 is 45.6 Å². The SMILES string of the molecule is CCNC(=NCc1ccccc1NS(C)(=O)=O)N(C)Cc1ccc(C(F)(F)F)cc1.I. The van der Waals surface area contributed by atoms with Crippen LogP contribution in [-0.2, 0) is 29.3 Å². The fourth-order valence-electron chi connectivity index (χ4n) is 2.74. The van der Waals surface area contributed by atoms with Gasteiger partial charge in [0.25, 0.3) is 0 Å². The van der Waals surface area contributed by atoms with Crippen molar-refractivity contribution in [3.63, 3.8) is 0 Å². The molecule has 0 bridgehead atoms. The number of aliphatic imine (C=N–C) groups is 1. The second-order valence-corrected chi connectivity index (χ2v) is 8.50. The number of anilines is 1. The molecule has 0 heterocycles. The molecule has 0 aromatic heterocycles. The second kappa shape index (κ2) is 11.6. The second-order valence-electron chi connectivity index (χ2n) is 6.75. The lowest BCUT2D eigenvalue weighted by Gasteiger charge is -2.22. The molecular weight excluding hydrogens is 544 g/mol. The van der Waals surface area contributed by atoms with Gasteiger partial charge in [-0.25, -0.2) is 13.4 Å². The van der Waals surface area contributed by atoms with Crippen molar-refractivity contribution in [2.24, 2.45) is 4.99 Å². The number of benzene rings is 2. The van der Waals surface area contributed by atoms with Crippen molar-refractivity contribution in [1.29, 1.82) is 0 Å². The standard InChI is InChI=1S/C20H25F3N4O2S.HI/c1-4-24-19(25-13-16-7-5-6-8-18(16)26-30(3,28)29)27(2)14-15-9-11-17(12-10-15)20(21,22)23;/h5-12,26H,4,13-14H2,1-3H3,(H,24,25);1H. The molecule has 2 aromatic carbocycles. The highest BCUT2D eigenvalue weighted by Gasteiger charge is 2.29. The molecule has 0 saturated heterocycles. The molecule has 0 amide bonds. The smallest absolute Gasteiger partial charge is 0.357 e. The van der Waals surface area contributed by atoms with Crippen molar-refractivity contribution in [2.75, 3.05) is 24.6 Å². The Morgan fingerprint density at radius 3 is 2.26 bits per heavy atom. The van der Waals surface area contributed by atoms with Crippen LogP contribution in [0.15, 0.2) is 53.5 Å². The number of rotatable bonds is 7. The summed E-state index contributed by atoms with van der Waals surface area (Å²) in [6, 6.07) is 11.9. The van der Waals surface area contributed by atoms with Gasteiger partial charge in [0.1, 0.15) is 0 Å². The third kappa shape index (κ3) is 8.93. The fraction of sp³-hybridized carbons (Fsp3) is 0.350. The first-order valence-electron chi connectivity index (χ1n) is 9.21. The Kier molecular flexibility index (Phi) is 10.1. The third-order valence-electron chi connectivity index (χ3n) is 4.11. The van der Waals surface area contributed by atoms with E-state index >= 15 is 0 Å². The van der Waals surface area contributed by atoms with E-state index in [-0.39, 0.29) is 30.5 Å². The van der Waals surface area contributed by atoms with E-state index in [4.69, 9.17) is 0 Å². The number of hydrogen-bond acceptors (Lipinski definition) is 3. The summed E-state index contributed by atoms with van der Waals surface area (Å²) >= 11 is 0. The average Bonchev–Trinajstić information content (AvgIpc) is 2.64. The Balaban J connectivity index is 0.00000480. The average molecular weight is 570 g/mol. The number of sulfonamides is 1. The Bertz CT molecular complexity index is 981. The number of halogens is 4. The first kappa shape index (κ1) is 27.0. The zero-order chi connectivity index (χ0) is 22.4.